The summed E-state index contributed by atoms with van der Waals surface area (Å²) in [5.74, 6) is -0.204. The van der Waals surface area contributed by atoms with Crippen LogP contribution in [0.15, 0.2) is 16.9 Å². The van der Waals surface area contributed by atoms with E-state index >= 15 is 0 Å². The minimum atomic E-state index is -0.435. The first-order valence-electron chi connectivity index (χ1n) is 3.18. The van der Waals surface area contributed by atoms with Crippen LogP contribution in [0.5, 0.6) is 5.75 Å². The van der Waals surface area contributed by atoms with E-state index in [1.54, 1.807) is 6.92 Å². The van der Waals surface area contributed by atoms with E-state index < -0.39 is 5.82 Å². The highest BCUT2D eigenvalue weighted by atomic mass is 79.9. The van der Waals surface area contributed by atoms with Gasteiger partial charge in [0.25, 0.3) is 0 Å². The summed E-state index contributed by atoms with van der Waals surface area (Å²) >= 11 is 3.11. The number of ether oxygens (including phenoxy) is 1. The van der Waals surface area contributed by atoms with Crippen molar-refractivity contribution >= 4 is 15.9 Å². The van der Waals surface area contributed by atoms with Crippen molar-refractivity contribution in [2.24, 2.45) is 0 Å². The molecule has 0 N–H and O–H groups in total. The monoisotopic (exact) mass is 219 g/mol. The van der Waals surface area contributed by atoms with E-state index in [1.165, 1.54) is 6.07 Å². The van der Waals surface area contributed by atoms with Crippen molar-refractivity contribution in [1.82, 2.24) is 4.98 Å². The molecular weight excluding hydrogens is 213 g/mol. The minimum absolute atomic E-state index is 0.231. The van der Waals surface area contributed by atoms with Crippen LogP contribution >= 0.6 is 15.9 Å². The van der Waals surface area contributed by atoms with Gasteiger partial charge in [0.05, 0.1) is 12.8 Å². The number of hydrogen-bond donors (Lipinski definition) is 0. The molecule has 0 aliphatic rings. The first-order chi connectivity index (χ1) is 5.24. The molecule has 0 fully saturated rings. The summed E-state index contributed by atoms with van der Waals surface area (Å²) in [6.45, 7) is 2.25. The lowest BCUT2D eigenvalue weighted by Gasteiger charge is -2.02. The Morgan fingerprint density at radius 3 is 3.09 bits per heavy atom. The van der Waals surface area contributed by atoms with Crippen LogP contribution in [0.3, 0.4) is 0 Å². The molecule has 1 aromatic rings. The lowest BCUT2D eigenvalue weighted by Crippen LogP contribution is -1.95. The lowest BCUT2D eigenvalue weighted by molar-refractivity contribution is 0.320. The molecule has 0 amide bonds. The second-order valence-electron chi connectivity index (χ2n) is 1.87. The van der Waals surface area contributed by atoms with E-state index in [9.17, 15) is 4.39 Å². The molecule has 2 nitrogen and oxygen atoms in total. The van der Waals surface area contributed by atoms with Crippen molar-refractivity contribution in [2.75, 3.05) is 6.61 Å². The zero-order valence-electron chi connectivity index (χ0n) is 5.97. The Morgan fingerprint density at radius 2 is 2.45 bits per heavy atom. The molecule has 4 heteroatoms. The predicted octanol–water partition coefficient (Wildman–Crippen LogP) is 2.38. The van der Waals surface area contributed by atoms with Gasteiger partial charge in [0.1, 0.15) is 4.60 Å². The number of hydrogen-bond acceptors (Lipinski definition) is 2. The standard InChI is InChI=1S/C7H7BrFNO/c1-2-11-6-3-7(8)10-4-5(6)9/h3-4H,2H2,1H3. The Bertz CT molecular complexity index is 254. The third-order valence-corrected chi connectivity index (χ3v) is 1.52. The van der Waals surface area contributed by atoms with Gasteiger partial charge in [-0.25, -0.2) is 9.37 Å². The Morgan fingerprint density at radius 1 is 1.73 bits per heavy atom. The first kappa shape index (κ1) is 8.46. The van der Waals surface area contributed by atoms with Crippen molar-refractivity contribution < 1.29 is 9.13 Å². The summed E-state index contributed by atoms with van der Waals surface area (Å²) < 4.78 is 18.3. The van der Waals surface area contributed by atoms with E-state index in [-0.39, 0.29) is 5.75 Å². The molecule has 0 radical (unpaired) electrons. The van der Waals surface area contributed by atoms with Gasteiger partial charge in [0.15, 0.2) is 11.6 Å². The number of halogens is 2. The lowest BCUT2D eigenvalue weighted by atomic mass is 10.4. The minimum Gasteiger partial charge on any atom is -0.491 e. The molecule has 60 valence electrons. The maximum absolute atomic E-state index is 12.7. The van der Waals surface area contributed by atoms with Crippen molar-refractivity contribution in [3.63, 3.8) is 0 Å². The van der Waals surface area contributed by atoms with Gasteiger partial charge in [-0.3, -0.25) is 0 Å². The summed E-state index contributed by atoms with van der Waals surface area (Å²) in [5, 5.41) is 0. The van der Waals surface area contributed by atoms with E-state index in [2.05, 4.69) is 20.9 Å². The topological polar surface area (TPSA) is 22.1 Å². The van der Waals surface area contributed by atoms with Crippen LogP contribution in [0.4, 0.5) is 4.39 Å². The zero-order chi connectivity index (χ0) is 8.27. The Hall–Kier alpha value is -0.640. The summed E-state index contributed by atoms with van der Waals surface area (Å²) in [6.07, 6.45) is 1.12. The summed E-state index contributed by atoms with van der Waals surface area (Å²) in [5.41, 5.74) is 0. The van der Waals surface area contributed by atoms with Crippen LogP contribution in [0.2, 0.25) is 0 Å². The van der Waals surface area contributed by atoms with Gasteiger partial charge in [-0.1, -0.05) is 0 Å². The van der Waals surface area contributed by atoms with Gasteiger partial charge in [-0.15, -0.1) is 0 Å². The number of pyridine rings is 1. The fourth-order valence-corrected chi connectivity index (χ4v) is 0.973. The van der Waals surface area contributed by atoms with Crippen LogP contribution in [0.1, 0.15) is 6.92 Å². The highest BCUT2D eigenvalue weighted by molar-refractivity contribution is 9.10. The SMILES string of the molecule is CCOc1cc(Br)ncc1F. The fourth-order valence-electron chi connectivity index (χ4n) is 0.662. The molecule has 0 unspecified atom stereocenters. The smallest absolute Gasteiger partial charge is 0.183 e. The molecule has 11 heavy (non-hydrogen) atoms. The van der Waals surface area contributed by atoms with Crippen molar-refractivity contribution in [1.29, 1.82) is 0 Å². The molecular formula is C7H7BrFNO. The molecule has 1 rings (SSSR count). The summed E-state index contributed by atoms with van der Waals surface area (Å²) in [6, 6.07) is 1.50. The van der Waals surface area contributed by atoms with Gasteiger partial charge in [0.2, 0.25) is 0 Å². The second kappa shape index (κ2) is 3.67. The molecule has 0 atom stereocenters. The van der Waals surface area contributed by atoms with Crippen LogP contribution in [-0.2, 0) is 0 Å². The number of rotatable bonds is 2. The predicted molar refractivity (Wildman–Crippen MR) is 43.1 cm³/mol. The fraction of sp³-hybridized carbons (Fsp3) is 0.286. The summed E-state index contributed by atoms with van der Waals surface area (Å²) in [7, 11) is 0. The third kappa shape index (κ3) is 2.15. The molecule has 0 aromatic carbocycles. The quantitative estimate of drug-likeness (QED) is 0.714. The Kier molecular flexibility index (Phi) is 2.82. The molecule has 0 saturated heterocycles. The third-order valence-electron chi connectivity index (χ3n) is 1.09. The normalized spacial score (nSPS) is 9.73. The maximum atomic E-state index is 12.7. The molecule has 0 bridgehead atoms. The summed E-state index contributed by atoms with van der Waals surface area (Å²) in [4.78, 5) is 3.68. The van der Waals surface area contributed by atoms with E-state index in [1.807, 2.05) is 0 Å². The van der Waals surface area contributed by atoms with E-state index in [0.29, 0.717) is 11.2 Å². The van der Waals surface area contributed by atoms with Crippen LogP contribution in [-0.4, -0.2) is 11.6 Å². The van der Waals surface area contributed by atoms with Gasteiger partial charge >= 0.3 is 0 Å². The zero-order valence-corrected chi connectivity index (χ0v) is 7.56. The van der Waals surface area contributed by atoms with Gasteiger partial charge < -0.3 is 4.74 Å². The van der Waals surface area contributed by atoms with Crippen LogP contribution in [0, 0.1) is 5.82 Å². The highest BCUT2D eigenvalue weighted by Crippen LogP contribution is 2.19. The van der Waals surface area contributed by atoms with Gasteiger partial charge in [-0.2, -0.15) is 0 Å². The van der Waals surface area contributed by atoms with Crippen molar-refractivity contribution in [3.05, 3.63) is 22.7 Å². The highest BCUT2D eigenvalue weighted by Gasteiger charge is 2.02. The second-order valence-corrected chi connectivity index (χ2v) is 2.68. The molecule has 1 aromatic heterocycles. The van der Waals surface area contributed by atoms with Crippen LogP contribution < -0.4 is 4.74 Å². The average molecular weight is 220 g/mol. The number of nitrogens with zero attached hydrogens (tertiary/aromatic N) is 1. The molecule has 1 heterocycles. The van der Waals surface area contributed by atoms with Crippen molar-refractivity contribution in [3.8, 4) is 5.75 Å². The van der Waals surface area contributed by atoms with Gasteiger partial charge in [-0.05, 0) is 22.9 Å². The average Bonchev–Trinajstić information content (AvgIpc) is 1.98. The Labute approximate surface area is 72.5 Å². The first-order valence-corrected chi connectivity index (χ1v) is 3.97. The largest absolute Gasteiger partial charge is 0.491 e. The molecule has 0 aliphatic carbocycles. The van der Waals surface area contributed by atoms with Gasteiger partial charge in [0, 0.05) is 6.07 Å². The van der Waals surface area contributed by atoms with E-state index in [4.69, 9.17) is 4.74 Å². The number of aromatic nitrogens is 1. The molecule has 0 saturated carbocycles. The molecule has 0 aliphatic heterocycles. The molecule has 0 spiro atoms. The van der Waals surface area contributed by atoms with E-state index in [0.717, 1.165) is 6.20 Å². The maximum Gasteiger partial charge on any atom is 0.183 e. The van der Waals surface area contributed by atoms with Crippen molar-refractivity contribution in [2.45, 2.75) is 6.92 Å². The Balaban J connectivity index is 2.93. The van der Waals surface area contributed by atoms with Crippen LogP contribution in [0.25, 0.3) is 0 Å².